The second-order valence-electron chi connectivity index (χ2n) is 6.48. The summed E-state index contributed by atoms with van der Waals surface area (Å²) < 4.78 is 0. The Morgan fingerprint density at radius 3 is 2.58 bits per heavy atom. The molecule has 0 aliphatic rings. The van der Waals surface area contributed by atoms with Crippen molar-refractivity contribution in [2.45, 2.75) is 33.1 Å². The predicted octanol–water partition coefficient (Wildman–Crippen LogP) is 4.37. The van der Waals surface area contributed by atoms with Gasteiger partial charge in [-0.05, 0) is 36.6 Å². The number of nitrogens with one attached hydrogen (secondary N) is 2. The van der Waals surface area contributed by atoms with Gasteiger partial charge in [0.15, 0.2) is 0 Å². The Morgan fingerprint density at radius 2 is 1.88 bits per heavy atom. The van der Waals surface area contributed by atoms with Gasteiger partial charge in [-0.3, -0.25) is 4.79 Å². The Balaban J connectivity index is 1.64. The van der Waals surface area contributed by atoms with Gasteiger partial charge in [-0.15, -0.1) is 0 Å². The van der Waals surface area contributed by atoms with Crippen molar-refractivity contribution < 1.29 is 4.79 Å². The molecule has 0 saturated heterocycles. The van der Waals surface area contributed by atoms with E-state index in [1.54, 1.807) is 6.20 Å². The van der Waals surface area contributed by atoms with Crippen molar-refractivity contribution in [1.29, 1.82) is 0 Å². The number of carbonyl (C=O) groups excluding carboxylic acids is 1. The monoisotopic (exact) mass is 350 g/mol. The van der Waals surface area contributed by atoms with Crippen molar-refractivity contribution in [3.05, 3.63) is 54.4 Å². The van der Waals surface area contributed by atoms with E-state index in [9.17, 15) is 4.79 Å². The Hall–Kier alpha value is -2.82. The number of rotatable bonds is 8. The molecule has 0 spiro atoms. The van der Waals surface area contributed by atoms with Crippen LogP contribution < -0.4 is 10.2 Å². The van der Waals surface area contributed by atoms with E-state index in [1.807, 2.05) is 42.6 Å². The van der Waals surface area contributed by atoms with E-state index in [0.29, 0.717) is 6.42 Å². The number of pyridine rings is 1. The van der Waals surface area contributed by atoms with Crippen molar-refractivity contribution in [1.82, 2.24) is 9.97 Å². The summed E-state index contributed by atoms with van der Waals surface area (Å²) in [5.74, 6) is 0.923. The number of anilines is 2. The molecule has 3 aromatic rings. The van der Waals surface area contributed by atoms with Crippen molar-refractivity contribution >= 4 is 28.3 Å². The molecule has 0 fully saturated rings. The van der Waals surface area contributed by atoms with Gasteiger partial charge in [0.05, 0.1) is 18.3 Å². The zero-order valence-corrected chi connectivity index (χ0v) is 15.5. The van der Waals surface area contributed by atoms with Gasteiger partial charge in [0.2, 0.25) is 5.91 Å². The summed E-state index contributed by atoms with van der Waals surface area (Å²) in [6.07, 6.45) is 6.15. The van der Waals surface area contributed by atoms with Crippen molar-refractivity contribution in [3.63, 3.8) is 0 Å². The number of carbonyl (C=O) groups is 1. The van der Waals surface area contributed by atoms with Gasteiger partial charge >= 0.3 is 0 Å². The van der Waals surface area contributed by atoms with Crippen LogP contribution in [0.4, 0.5) is 11.5 Å². The first-order chi connectivity index (χ1) is 12.7. The van der Waals surface area contributed by atoms with Gasteiger partial charge < -0.3 is 15.2 Å². The molecular weight excluding hydrogens is 324 g/mol. The molecule has 5 heteroatoms. The first kappa shape index (κ1) is 18.0. The molecule has 2 heterocycles. The number of benzene rings is 1. The molecule has 0 atom stereocenters. The zero-order chi connectivity index (χ0) is 18.4. The maximum absolute atomic E-state index is 12.4. The molecule has 2 aromatic heterocycles. The topological polar surface area (TPSA) is 61.0 Å². The number of amides is 1. The van der Waals surface area contributed by atoms with Crippen LogP contribution in [0.1, 0.15) is 32.3 Å². The lowest BCUT2D eigenvalue weighted by atomic mass is 10.1. The molecule has 2 N–H and O–H groups in total. The normalized spacial score (nSPS) is 10.8. The summed E-state index contributed by atoms with van der Waals surface area (Å²) in [4.78, 5) is 22.4. The average Bonchev–Trinajstić information content (AvgIpc) is 3.05. The largest absolute Gasteiger partial charge is 0.361 e. The minimum Gasteiger partial charge on any atom is -0.361 e. The van der Waals surface area contributed by atoms with Gasteiger partial charge in [-0.25, -0.2) is 4.98 Å². The quantitative estimate of drug-likeness (QED) is 0.634. The van der Waals surface area contributed by atoms with Gasteiger partial charge in [0.1, 0.15) is 5.82 Å². The highest BCUT2D eigenvalue weighted by Gasteiger charge is 2.10. The van der Waals surface area contributed by atoms with Crippen LogP contribution in [-0.2, 0) is 11.2 Å². The van der Waals surface area contributed by atoms with E-state index in [0.717, 1.165) is 53.9 Å². The van der Waals surface area contributed by atoms with Crippen molar-refractivity contribution in [2.75, 3.05) is 23.3 Å². The number of nitrogens with zero attached hydrogens (tertiary/aromatic N) is 2. The Labute approximate surface area is 154 Å². The fourth-order valence-corrected chi connectivity index (χ4v) is 3.18. The van der Waals surface area contributed by atoms with E-state index in [4.69, 9.17) is 0 Å². The maximum Gasteiger partial charge on any atom is 0.228 e. The molecule has 1 aromatic carbocycles. The number of hydrogen-bond donors (Lipinski definition) is 2. The fourth-order valence-electron chi connectivity index (χ4n) is 3.18. The lowest BCUT2D eigenvalue weighted by Crippen LogP contribution is -2.25. The zero-order valence-electron chi connectivity index (χ0n) is 15.5. The van der Waals surface area contributed by atoms with Crippen LogP contribution in [0.3, 0.4) is 0 Å². The molecule has 1 amide bonds. The highest BCUT2D eigenvalue weighted by molar-refractivity contribution is 5.95. The summed E-state index contributed by atoms with van der Waals surface area (Å²) in [6.45, 7) is 6.32. The number of fused-ring (bicyclic) bond motifs is 1. The number of aromatic amines is 1. The molecule has 0 aliphatic heterocycles. The average molecular weight is 350 g/mol. The summed E-state index contributed by atoms with van der Waals surface area (Å²) in [5, 5.41) is 4.03. The molecule has 0 unspecified atom stereocenters. The van der Waals surface area contributed by atoms with Crippen LogP contribution in [0, 0.1) is 0 Å². The fraction of sp³-hybridized carbons (Fsp3) is 0.333. The first-order valence-corrected chi connectivity index (χ1v) is 9.27. The molecule has 136 valence electrons. The first-order valence-electron chi connectivity index (χ1n) is 9.27. The smallest absolute Gasteiger partial charge is 0.228 e. The maximum atomic E-state index is 12.4. The third-order valence-electron chi connectivity index (χ3n) is 4.37. The Kier molecular flexibility index (Phi) is 5.89. The van der Waals surface area contributed by atoms with E-state index in [1.165, 1.54) is 0 Å². The molecule has 5 nitrogen and oxygen atoms in total. The van der Waals surface area contributed by atoms with E-state index in [2.05, 4.69) is 34.0 Å². The van der Waals surface area contributed by atoms with Crippen molar-refractivity contribution in [3.8, 4) is 0 Å². The third-order valence-corrected chi connectivity index (χ3v) is 4.37. The van der Waals surface area contributed by atoms with Crippen LogP contribution in [0.15, 0.2) is 48.8 Å². The van der Waals surface area contributed by atoms with Crippen LogP contribution in [0.2, 0.25) is 0 Å². The molecule has 0 aliphatic carbocycles. The van der Waals surface area contributed by atoms with Crippen LogP contribution in [0.25, 0.3) is 10.9 Å². The standard InChI is InChI=1S/C21H26N4O/c1-3-11-25(12-4-2)20-10-9-17(15-23-20)24-21(26)13-16-14-22-19-8-6-5-7-18(16)19/h5-10,14-15,22H,3-4,11-13H2,1-2H3,(H,24,26). The number of hydrogen-bond acceptors (Lipinski definition) is 3. The highest BCUT2D eigenvalue weighted by Crippen LogP contribution is 2.19. The minimum atomic E-state index is -0.0386. The number of H-pyrrole nitrogens is 1. The van der Waals surface area contributed by atoms with E-state index >= 15 is 0 Å². The minimum absolute atomic E-state index is 0.0386. The third kappa shape index (κ3) is 4.23. The molecule has 0 saturated carbocycles. The molecule has 3 rings (SSSR count). The summed E-state index contributed by atoms with van der Waals surface area (Å²) in [6, 6.07) is 11.9. The van der Waals surface area contributed by atoms with E-state index in [-0.39, 0.29) is 5.91 Å². The van der Waals surface area contributed by atoms with Gasteiger partial charge in [-0.1, -0.05) is 32.0 Å². The highest BCUT2D eigenvalue weighted by atomic mass is 16.1. The Morgan fingerprint density at radius 1 is 1.12 bits per heavy atom. The van der Waals surface area contributed by atoms with Gasteiger partial charge in [-0.2, -0.15) is 0 Å². The lowest BCUT2D eigenvalue weighted by molar-refractivity contribution is -0.115. The van der Waals surface area contributed by atoms with Crippen LogP contribution in [-0.4, -0.2) is 29.0 Å². The van der Waals surface area contributed by atoms with Crippen LogP contribution >= 0.6 is 0 Å². The number of para-hydroxylation sites is 1. The second kappa shape index (κ2) is 8.52. The summed E-state index contributed by atoms with van der Waals surface area (Å²) >= 11 is 0. The van der Waals surface area contributed by atoms with Gasteiger partial charge in [0, 0.05) is 30.2 Å². The molecule has 0 bridgehead atoms. The van der Waals surface area contributed by atoms with Crippen molar-refractivity contribution in [2.24, 2.45) is 0 Å². The SMILES string of the molecule is CCCN(CCC)c1ccc(NC(=O)Cc2c[nH]c3ccccc23)cn1. The predicted molar refractivity (Wildman–Crippen MR) is 108 cm³/mol. The molecular formula is C21H26N4O. The second-order valence-corrected chi connectivity index (χ2v) is 6.48. The summed E-state index contributed by atoms with van der Waals surface area (Å²) in [5.41, 5.74) is 2.78. The Bertz CT molecular complexity index is 848. The summed E-state index contributed by atoms with van der Waals surface area (Å²) in [7, 11) is 0. The van der Waals surface area contributed by atoms with Crippen LogP contribution in [0.5, 0.6) is 0 Å². The van der Waals surface area contributed by atoms with E-state index < -0.39 is 0 Å². The lowest BCUT2D eigenvalue weighted by Gasteiger charge is -2.22. The number of aromatic nitrogens is 2. The van der Waals surface area contributed by atoms with Gasteiger partial charge in [0.25, 0.3) is 0 Å². The molecule has 26 heavy (non-hydrogen) atoms. The molecule has 0 radical (unpaired) electrons.